The van der Waals surface area contributed by atoms with Crippen LogP contribution in [0.2, 0.25) is 0 Å². The monoisotopic (exact) mass is 538 g/mol. The van der Waals surface area contributed by atoms with Crippen molar-refractivity contribution in [1.82, 2.24) is 14.8 Å². The van der Waals surface area contributed by atoms with Crippen LogP contribution in [0.25, 0.3) is 11.1 Å². The number of fused-ring (bicyclic) bond motifs is 1. The molecule has 2 aliphatic rings. The summed E-state index contributed by atoms with van der Waals surface area (Å²) >= 11 is 1.33. The first-order chi connectivity index (χ1) is 19.1. The molecule has 1 saturated heterocycles. The third kappa shape index (κ3) is 5.30. The van der Waals surface area contributed by atoms with Crippen molar-refractivity contribution < 1.29 is 14.3 Å². The van der Waals surface area contributed by atoms with E-state index in [2.05, 4.69) is 46.5 Å². The van der Waals surface area contributed by atoms with Gasteiger partial charge in [0.15, 0.2) is 11.9 Å². The zero-order chi connectivity index (χ0) is 26.8. The highest BCUT2D eigenvalue weighted by molar-refractivity contribution is 7.13. The van der Waals surface area contributed by atoms with Gasteiger partial charge in [0.1, 0.15) is 11.8 Å². The van der Waals surface area contributed by atoms with Gasteiger partial charge >= 0.3 is 0 Å². The minimum Gasteiger partial charge on any atom is -0.472 e. The number of carbonyl (C=O) groups is 2. The van der Waals surface area contributed by atoms with Crippen molar-refractivity contribution in [1.29, 1.82) is 0 Å². The fraction of sp³-hybridized carbons (Fsp3) is 0.258. The Kier molecular flexibility index (Phi) is 7.13. The molecule has 3 heterocycles. The highest BCUT2D eigenvalue weighted by Crippen LogP contribution is 2.35. The number of amides is 2. The predicted molar refractivity (Wildman–Crippen MR) is 153 cm³/mol. The minimum atomic E-state index is -0.867. The van der Waals surface area contributed by atoms with Crippen LogP contribution in [0.4, 0.5) is 5.13 Å². The lowest BCUT2D eigenvalue weighted by Gasteiger charge is -2.34. The van der Waals surface area contributed by atoms with Crippen LogP contribution in [-0.2, 0) is 4.79 Å². The third-order valence-corrected chi connectivity index (χ3v) is 8.29. The summed E-state index contributed by atoms with van der Waals surface area (Å²) in [6, 6.07) is 22.8. The van der Waals surface area contributed by atoms with Crippen LogP contribution < -0.4 is 10.1 Å². The number of aromatic nitrogens is 1. The molecule has 3 aromatic carbocycles. The number of ether oxygens (including phenoxy) is 1. The van der Waals surface area contributed by atoms with Crippen LogP contribution in [-0.4, -0.2) is 53.5 Å². The molecule has 1 fully saturated rings. The van der Waals surface area contributed by atoms with Gasteiger partial charge in [0.2, 0.25) is 0 Å². The van der Waals surface area contributed by atoms with Gasteiger partial charge in [-0.25, -0.2) is 4.98 Å². The van der Waals surface area contributed by atoms with Crippen molar-refractivity contribution in [3.8, 4) is 16.9 Å². The van der Waals surface area contributed by atoms with Gasteiger partial charge in [-0.15, -0.1) is 11.3 Å². The Balaban J connectivity index is 1.27. The van der Waals surface area contributed by atoms with E-state index in [1.165, 1.54) is 34.6 Å². The molecular weight excluding hydrogens is 508 g/mol. The molecule has 0 aliphatic carbocycles. The summed E-state index contributed by atoms with van der Waals surface area (Å²) in [5, 5.41) is 5.13. The number of hydrogen-bond acceptors (Lipinski definition) is 6. The van der Waals surface area contributed by atoms with E-state index in [0.717, 1.165) is 24.2 Å². The smallest absolute Gasteiger partial charge is 0.261 e. The van der Waals surface area contributed by atoms with Gasteiger partial charge in [0.25, 0.3) is 11.8 Å². The second-order valence-corrected chi connectivity index (χ2v) is 11.0. The van der Waals surface area contributed by atoms with E-state index in [1.54, 1.807) is 11.6 Å². The van der Waals surface area contributed by atoms with E-state index in [0.29, 0.717) is 27.9 Å². The summed E-state index contributed by atoms with van der Waals surface area (Å²) in [4.78, 5) is 35.3. The molecule has 0 spiro atoms. The van der Waals surface area contributed by atoms with Crippen molar-refractivity contribution in [3.05, 3.63) is 101 Å². The van der Waals surface area contributed by atoms with E-state index in [1.807, 2.05) is 48.5 Å². The average Bonchev–Trinajstić information content (AvgIpc) is 3.48. The second kappa shape index (κ2) is 11.0. The van der Waals surface area contributed by atoms with Crippen LogP contribution in [0.3, 0.4) is 0 Å². The molecule has 0 saturated carbocycles. The molecule has 6 rings (SSSR count). The van der Waals surface area contributed by atoms with E-state index < -0.39 is 6.04 Å². The lowest BCUT2D eigenvalue weighted by Crippen LogP contribution is -2.45. The number of thiazole rings is 1. The summed E-state index contributed by atoms with van der Waals surface area (Å²) in [5.41, 5.74) is 4.49. The molecule has 0 bridgehead atoms. The molecule has 1 atom stereocenters. The molecule has 2 amide bonds. The largest absolute Gasteiger partial charge is 0.472 e. The minimum absolute atomic E-state index is 0.0265. The first-order valence-electron chi connectivity index (χ1n) is 13.2. The molecule has 1 aromatic heterocycles. The number of piperidine rings is 1. The van der Waals surface area contributed by atoms with Crippen molar-refractivity contribution in [2.75, 3.05) is 32.2 Å². The zero-order valence-corrected chi connectivity index (χ0v) is 22.6. The summed E-state index contributed by atoms with van der Waals surface area (Å²) in [6.07, 6.45) is 3.98. The predicted octanol–water partition coefficient (Wildman–Crippen LogP) is 5.79. The van der Waals surface area contributed by atoms with Gasteiger partial charge in [0.05, 0.1) is 5.56 Å². The number of hydrogen-bond donors (Lipinski definition) is 1. The number of likely N-dealkylation sites (tertiary alicyclic amines) is 1. The summed E-state index contributed by atoms with van der Waals surface area (Å²) in [5.74, 6) is 0.532. The van der Waals surface area contributed by atoms with E-state index in [-0.39, 0.29) is 18.5 Å². The normalized spacial score (nSPS) is 16.8. The molecule has 2 aliphatic heterocycles. The number of nitrogens with one attached hydrogen (secondary N) is 1. The van der Waals surface area contributed by atoms with Gasteiger partial charge in [-0.05, 0) is 73.3 Å². The maximum Gasteiger partial charge on any atom is 0.261 e. The van der Waals surface area contributed by atoms with Gasteiger partial charge in [-0.3, -0.25) is 19.8 Å². The lowest BCUT2D eigenvalue weighted by molar-refractivity contribution is -0.122. The SMILES string of the molecule is CN1CCC(c2ccc(-c3ccc4c(c3)C(=O)N(C(C(=O)Nc3nccs3)c3ccccc3)CO4)cc2)CC1. The van der Waals surface area contributed by atoms with Crippen LogP contribution in [0.15, 0.2) is 84.4 Å². The Morgan fingerprint density at radius 3 is 2.49 bits per heavy atom. The fourth-order valence-electron chi connectivity index (χ4n) is 5.40. The number of carbonyl (C=O) groups excluding carboxylic acids is 2. The van der Waals surface area contributed by atoms with E-state index >= 15 is 0 Å². The summed E-state index contributed by atoms with van der Waals surface area (Å²) < 4.78 is 6.00. The fourth-order valence-corrected chi connectivity index (χ4v) is 5.94. The Morgan fingerprint density at radius 1 is 1.03 bits per heavy atom. The molecular formula is C31H30N4O3S. The lowest BCUT2D eigenvalue weighted by atomic mass is 9.88. The Morgan fingerprint density at radius 2 is 1.77 bits per heavy atom. The van der Waals surface area contributed by atoms with Gasteiger partial charge in [-0.1, -0.05) is 60.7 Å². The van der Waals surface area contributed by atoms with Crippen molar-refractivity contribution in [3.63, 3.8) is 0 Å². The number of nitrogens with zero attached hydrogens (tertiary/aromatic N) is 3. The van der Waals surface area contributed by atoms with Crippen LogP contribution in [0.1, 0.15) is 46.3 Å². The molecule has 7 nitrogen and oxygen atoms in total. The molecule has 39 heavy (non-hydrogen) atoms. The average molecular weight is 539 g/mol. The van der Waals surface area contributed by atoms with E-state index in [9.17, 15) is 9.59 Å². The molecule has 0 radical (unpaired) electrons. The highest BCUT2D eigenvalue weighted by atomic mass is 32.1. The van der Waals surface area contributed by atoms with Crippen molar-refractivity contribution >= 4 is 28.3 Å². The maximum atomic E-state index is 13.9. The topological polar surface area (TPSA) is 74.8 Å². The molecule has 4 aromatic rings. The van der Waals surface area contributed by atoms with Crippen LogP contribution in [0.5, 0.6) is 5.75 Å². The quantitative estimate of drug-likeness (QED) is 0.336. The Bertz CT molecular complexity index is 1450. The first-order valence-corrected chi connectivity index (χ1v) is 14.1. The highest BCUT2D eigenvalue weighted by Gasteiger charge is 2.36. The number of anilines is 1. The molecule has 1 N–H and O–H groups in total. The van der Waals surface area contributed by atoms with Crippen molar-refractivity contribution in [2.24, 2.45) is 0 Å². The zero-order valence-electron chi connectivity index (χ0n) is 21.7. The van der Waals surface area contributed by atoms with E-state index in [4.69, 9.17) is 4.74 Å². The second-order valence-electron chi connectivity index (χ2n) is 10.1. The molecule has 8 heteroatoms. The summed E-state index contributed by atoms with van der Waals surface area (Å²) in [6.45, 7) is 2.23. The third-order valence-electron chi connectivity index (χ3n) is 7.60. The number of benzene rings is 3. The number of rotatable bonds is 6. The Hall–Kier alpha value is -4.01. The Labute approximate surface area is 232 Å². The van der Waals surface area contributed by atoms with Crippen LogP contribution >= 0.6 is 11.3 Å². The standard InChI is InChI=1S/C31H30N4O3S/c1-34-16-13-23(14-17-34)21-7-9-22(10-8-21)25-11-12-27-26(19-25)30(37)35(20-38-27)28(24-5-3-2-4-6-24)29(36)33-31-32-15-18-39-31/h2-12,15,18-19,23,28H,13-14,16-17,20H2,1H3,(H,32,33,36). The van der Waals surface area contributed by atoms with Gasteiger partial charge in [0, 0.05) is 11.6 Å². The van der Waals surface area contributed by atoms with Crippen LogP contribution in [0, 0.1) is 0 Å². The molecule has 1 unspecified atom stereocenters. The van der Waals surface area contributed by atoms with Gasteiger partial charge in [-0.2, -0.15) is 0 Å². The van der Waals surface area contributed by atoms with Crippen molar-refractivity contribution in [2.45, 2.75) is 24.8 Å². The summed E-state index contributed by atoms with van der Waals surface area (Å²) in [7, 11) is 2.18. The van der Waals surface area contributed by atoms with Gasteiger partial charge < -0.3 is 9.64 Å². The first kappa shape index (κ1) is 25.3. The molecule has 198 valence electrons. The maximum absolute atomic E-state index is 13.9.